The lowest BCUT2D eigenvalue weighted by atomic mass is 10.2. The molecule has 118 valence electrons. The molecular formula is C16H20N2O3S. The van der Waals surface area contributed by atoms with Crippen molar-refractivity contribution in [1.82, 2.24) is 4.98 Å². The maximum absolute atomic E-state index is 12.0. The Balaban J connectivity index is 2.25. The molecule has 0 aliphatic carbocycles. The molecule has 2 rings (SSSR count). The lowest BCUT2D eigenvalue weighted by molar-refractivity contribution is 0.307. The second kappa shape index (κ2) is 7.26. The van der Waals surface area contributed by atoms with E-state index in [4.69, 9.17) is 4.74 Å². The van der Waals surface area contributed by atoms with E-state index in [0.29, 0.717) is 31.0 Å². The van der Waals surface area contributed by atoms with Gasteiger partial charge in [-0.15, -0.1) is 0 Å². The number of nitrogens with zero attached hydrogens (tertiary/aromatic N) is 2. The predicted octanol–water partition coefficient (Wildman–Crippen LogP) is 2.84. The molecule has 0 spiro atoms. The van der Waals surface area contributed by atoms with Crippen LogP contribution in [0.15, 0.2) is 48.8 Å². The Morgan fingerprint density at radius 3 is 2.55 bits per heavy atom. The highest BCUT2D eigenvalue weighted by atomic mass is 32.2. The van der Waals surface area contributed by atoms with Crippen molar-refractivity contribution in [2.45, 2.75) is 20.0 Å². The zero-order valence-corrected chi connectivity index (χ0v) is 13.6. The van der Waals surface area contributed by atoms with E-state index in [1.807, 2.05) is 37.3 Å². The molecular weight excluding hydrogens is 300 g/mol. The summed E-state index contributed by atoms with van der Waals surface area (Å²) in [7, 11) is -3.37. The van der Waals surface area contributed by atoms with E-state index in [0.717, 1.165) is 5.56 Å². The van der Waals surface area contributed by atoms with Crippen LogP contribution in [0, 0.1) is 0 Å². The molecule has 6 heteroatoms. The predicted molar refractivity (Wildman–Crippen MR) is 87.5 cm³/mol. The van der Waals surface area contributed by atoms with Crippen molar-refractivity contribution in [3.8, 4) is 5.75 Å². The summed E-state index contributed by atoms with van der Waals surface area (Å²) < 4.78 is 31.1. The molecule has 0 unspecified atom stereocenters. The number of aromatic nitrogens is 1. The largest absolute Gasteiger partial charge is 0.487 e. The summed E-state index contributed by atoms with van der Waals surface area (Å²) in [5.74, 6) is 0.512. The molecule has 1 heterocycles. The SMILES string of the molecule is CCCN(c1cnccc1OCc1ccccc1)S(C)(=O)=O. The van der Waals surface area contributed by atoms with Crippen LogP contribution in [-0.4, -0.2) is 26.2 Å². The number of sulfonamides is 1. The van der Waals surface area contributed by atoms with Crippen molar-refractivity contribution < 1.29 is 13.2 Å². The maximum Gasteiger partial charge on any atom is 0.232 e. The van der Waals surface area contributed by atoms with Crippen molar-refractivity contribution in [2.24, 2.45) is 0 Å². The number of hydrogen-bond acceptors (Lipinski definition) is 4. The summed E-state index contributed by atoms with van der Waals surface area (Å²) in [6.07, 6.45) is 5.02. The molecule has 0 atom stereocenters. The summed E-state index contributed by atoms with van der Waals surface area (Å²) in [4.78, 5) is 4.03. The summed E-state index contributed by atoms with van der Waals surface area (Å²) in [5.41, 5.74) is 1.49. The van der Waals surface area contributed by atoms with Gasteiger partial charge in [0.15, 0.2) is 0 Å². The standard InChI is InChI=1S/C16H20N2O3S/c1-3-11-18(22(2,19)20)15-12-17-10-9-16(15)21-13-14-7-5-4-6-8-14/h4-10,12H,3,11,13H2,1-2H3. The number of pyridine rings is 1. The van der Waals surface area contributed by atoms with E-state index in [9.17, 15) is 8.42 Å². The van der Waals surface area contributed by atoms with Gasteiger partial charge in [0.25, 0.3) is 0 Å². The quantitative estimate of drug-likeness (QED) is 0.787. The van der Waals surface area contributed by atoms with E-state index in [2.05, 4.69) is 4.98 Å². The van der Waals surface area contributed by atoms with Gasteiger partial charge < -0.3 is 4.74 Å². The molecule has 0 bridgehead atoms. The smallest absolute Gasteiger partial charge is 0.232 e. The summed E-state index contributed by atoms with van der Waals surface area (Å²) in [6, 6.07) is 11.4. The van der Waals surface area contributed by atoms with Gasteiger partial charge in [0, 0.05) is 18.8 Å². The molecule has 0 radical (unpaired) electrons. The average molecular weight is 320 g/mol. The minimum atomic E-state index is -3.37. The van der Waals surface area contributed by atoms with Gasteiger partial charge in [-0.05, 0) is 12.0 Å². The van der Waals surface area contributed by atoms with Gasteiger partial charge in [0.1, 0.15) is 18.0 Å². The monoisotopic (exact) mass is 320 g/mol. The minimum absolute atomic E-state index is 0.377. The van der Waals surface area contributed by atoms with Crippen LogP contribution in [0.5, 0.6) is 5.75 Å². The molecule has 22 heavy (non-hydrogen) atoms. The van der Waals surface area contributed by atoms with Crippen LogP contribution in [-0.2, 0) is 16.6 Å². The van der Waals surface area contributed by atoms with E-state index < -0.39 is 10.0 Å². The first-order chi connectivity index (χ1) is 10.5. The van der Waals surface area contributed by atoms with Crippen molar-refractivity contribution in [3.63, 3.8) is 0 Å². The molecule has 0 saturated carbocycles. The summed E-state index contributed by atoms with van der Waals surface area (Å²) in [5, 5.41) is 0. The normalized spacial score (nSPS) is 11.2. The van der Waals surface area contributed by atoms with E-state index >= 15 is 0 Å². The number of hydrogen-bond donors (Lipinski definition) is 0. The molecule has 0 aliphatic heterocycles. The molecule has 0 aliphatic rings. The van der Waals surface area contributed by atoms with Crippen LogP contribution < -0.4 is 9.04 Å². The first kappa shape index (κ1) is 16.3. The van der Waals surface area contributed by atoms with Crippen LogP contribution >= 0.6 is 0 Å². The topological polar surface area (TPSA) is 59.5 Å². The van der Waals surface area contributed by atoms with Gasteiger partial charge >= 0.3 is 0 Å². The first-order valence-electron chi connectivity index (χ1n) is 7.11. The van der Waals surface area contributed by atoms with Gasteiger partial charge in [-0.3, -0.25) is 9.29 Å². The average Bonchev–Trinajstić information content (AvgIpc) is 2.51. The van der Waals surface area contributed by atoms with E-state index in [-0.39, 0.29) is 0 Å². The number of ether oxygens (including phenoxy) is 1. The van der Waals surface area contributed by atoms with Crippen molar-refractivity contribution in [3.05, 3.63) is 54.4 Å². The van der Waals surface area contributed by atoms with Gasteiger partial charge in [-0.25, -0.2) is 8.42 Å². The lowest BCUT2D eigenvalue weighted by Gasteiger charge is -2.23. The Kier molecular flexibility index (Phi) is 5.38. The fraction of sp³-hybridized carbons (Fsp3) is 0.312. The molecule has 2 aromatic rings. The Morgan fingerprint density at radius 1 is 1.18 bits per heavy atom. The molecule has 1 aromatic carbocycles. The third kappa shape index (κ3) is 4.21. The molecule has 0 amide bonds. The molecule has 0 saturated heterocycles. The highest BCUT2D eigenvalue weighted by molar-refractivity contribution is 7.92. The third-order valence-corrected chi connectivity index (χ3v) is 4.27. The zero-order valence-electron chi connectivity index (χ0n) is 12.8. The molecule has 0 N–H and O–H groups in total. The van der Waals surface area contributed by atoms with Gasteiger partial charge in [0.05, 0.1) is 12.5 Å². The number of anilines is 1. The highest BCUT2D eigenvalue weighted by Gasteiger charge is 2.20. The van der Waals surface area contributed by atoms with Crippen molar-refractivity contribution in [2.75, 3.05) is 17.1 Å². The lowest BCUT2D eigenvalue weighted by Crippen LogP contribution is -2.31. The number of rotatable bonds is 7. The molecule has 0 fully saturated rings. The Labute approximate surface area is 131 Å². The van der Waals surface area contributed by atoms with Gasteiger partial charge in [0.2, 0.25) is 10.0 Å². The fourth-order valence-electron chi connectivity index (χ4n) is 2.09. The highest BCUT2D eigenvalue weighted by Crippen LogP contribution is 2.29. The number of benzene rings is 1. The zero-order chi connectivity index (χ0) is 16.0. The van der Waals surface area contributed by atoms with Gasteiger partial charge in [-0.2, -0.15) is 0 Å². The Morgan fingerprint density at radius 2 is 1.91 bits per heavy atom. The second-order valence-electron chi connectivity index (χ2n) is 4.95. The Hall–Kier alpha value is -2.08. The minimum Gasteiger partial charge on any atom is -0.487 e. The van der Waals surface area contributed by atoms with Gasteiger partial charge in [-0.1, -0.05) is 37.3 Å². The first-order valence-corrected chi connectivity index (χ1v) is 8.95. The summed E-state index contributed by atoms with van der Waals surface area (Å²) >= 11 is 0. The van der Waals surface area contributed by atoms with Crippen molar-refractivity contribution in [1.29, 1.82) is 0 Å². The van der Waals surface area contributed by atoms with Crippen LogP contribution in [0.25, 0.3) is 0 Å². The van der Waals surface area contributed by atoms with Crippen LogP contribution in [0.3, 0.4) is 0 Å². The molecule has 5 nitrogen and oxygen atoms in total. The second-order valence-corrected chi connectivity index (χ2v) is 6.86. The van der Waals surface area contributed by atoms with Crippen LogP contribution in [0.4, 0.5) is 5.69 Å². The fourth-order valence-corrected chi connectivity index (χ4v) is 3.09. The maximum atomic E-state index is 12.0. The molecule has 1 aromatic heterocycles. The van der Waals surface area contributed by atoms with E-state index in [1.54, 1.807) is 12.3 Å². The van der Waals surface area contributed by atoms with Crippen LogP contribution in [0.1, 0.15) is 18.9 Å². The Bertz CT molecular complexity index is 702. The van der Waals surface area contributed by atoms with Crippen LogP contribution in [0.2, 0.25) is 0 Å². The third-order valence-electron chi connectivity index (χ3n) is 3.09. The van der Waals surface area contributed by atoms with Crippen molar-refractivity contribution >= 4 is 15.7 Å². The summed E-state index contributed by atoms with van der Waals surface area (Å²) in [6.45, 7) is 2.70. The van der Waals surface area contributed by atoms with E-state index in [1.165, 1.54) is 16.8 Å².